The van der Waals surface area contributed by atoms with Crippen LogP contribution in [0.3, 0.4) is 0 Å². The van der Waals surface area contributed by atoms with Gasteiger partial charge in [0.25, 0.3) is 0 Å². The Morgan fingerprint density at radius 1 is 1.20 bits per heavy atom. The molecular weight excluding hydrogens is 380 g/mol. The lowest BCUT2D eigenvalue weighted by atomic mass is 10.2. The highest BCUT2D eigenvalue weighted by Gasteiger charge is 2.34. The minimum absolute atomic E-state index is 0.0190. The first-order valence-electron chi connectivity index (χ1n) is 10.5. The maximum Gasteiger partial charge on any atom is 0.322 e. The molecule has 1 fully saturated rings. The number of rotatable bonds is 9. The van der Waals surface area contributed by atoms with Crippen LogP contribution in [0, 0.1) is 5.92 Å². The third kappa shape index (κ3) is 5.55. The molecule has 3 amide bonds. The number of anilines is 1. The number of nitrogens with zero attached hydrogens (tertiary/aromatic N) is 3. The summed E-state index contributed by atoms with van der Waals surface area (Å²) in [4.78, 5) is 29.7. The standard InChI is InChI=1S/C23H32N4O3/c1-17(2)14-26(23(29)24-20-9-5-6-10-21(20)30-4)16-22(28)27(18-11-12-18)15-19-8-7-13-25(19)3/h5-10,13,17-18H,11-12,14-16H2,1-4H3,(H,24,29). The van der Waals surface area contributed by atoms with E-state index >= 15 is 0 Å². The van der Waals surface area contributed by atoms with Gasteiger partial charge in [-0.2, -0.15) is 0 Å². The third-order valence-corrected chi connectivity index (χ3v) is 5.24. The van der Waals surface area contributed by atoms with Gasteiger partial charge >= 0.3 is 6.03 Å². The Balaban J connectivity index is 1.71. The molecule has 0 saturated heterocycles. The monoisotopic (exact) mass is 412 g/mol. The van der Waals surface area contributed by atoms with Crippen molar-refractivity contribution >= 4 is 17.6 Å². The van der Waals surface area contributed by atoms with Gasteiger partial charge in [-0.3, -0.25) is 4.79 Å². The van der Waals surface area contributed by atoms with E-state index < -0.39 is 0 Å². The lowest BCUT2D eigenvalue weighted by Crippen LogP contribution is -2.46. The molecule has 0 aliphatic heterocycles. The van der Waals surface area contributed by atoms with Crippen molar-refractivity contribution in [3.63, 3.8) is 0 Å². The second-order valence-corrected chi connectivity index (χ2v) is 8.27. The number of hydrogen-bond acceptors (Lipinski definition) is 3. The summed E-state index contributed by atoms with van der Waals surface area (Å²) in [5.41, 5.74) is 1.68. The fourth-order valence-electron chi connectivity index (χ4n) is 3.50. The Bertz CT molecular complexity index is 873. The Hall–Kier alpha value is -2.96. The van der Waals surface area contributed by atoms with Gasteiger partial charge in [0.05, 0.1) is 19.3 Å². The molecule has 0 unspecified atom stereocenters. The number of amides is 3. The molecule has 0 bridgehead atoms. The quantitative estimate of drug-likeness (QED) is 0.683. The van der Waals surface area contributed by atoms with Gasteiger partial charge in [0, 0.05) is 31.5 Å². The summed E-state index contributed by atoms with van der Waals surface area (Å²) in [6.07, 6.45) is 4.03. The van der Waals surface area contributed by atoms with Crippen LogP contribution in [0.25, 0.3) is 0 Å². The molecule has 1 aliphatic carbocycles. The maximum absolute atomic E-state index is 13.2. The molecule has 1 aromatic carbocycles. The molecule has 1 saturated carbocycles. The van der Waals surface area contributed by atoms with E-state index in [2.05, 4.69) is 5.32 Å². The van der Waals surface area contributed by atoms with Gasteiger partial charge in [-0.15, -0.1) is 0 Å². The fourth-order valence-corrected chi connectivity index (χ4v) is 3.50. The first-order chi connectivity index (χ1) is 14.4. The number of benzene rings is 1. The van der Waals surface area contributed by atoms with Gasteiger partial charge in [-0.05, 0) is 43.0 Å². The number of para-hydroxylation sites is 2. The number of carbonyl (C=O) groups is 2. The van der Waals surface area contributed by atoms with Crippen LogP contribution in [0.2, 0.25) is 0 Å². The average molecular weight is 413 g/mol. The molecule has 3 rings (SSSR count). The summed E-state index contributed by atoms with van der Waals surface area (Å²) in [5.74, 6) is 0.808. The van der Waals surface area contributed by atoms with Crippen LogP contribution in [-0.4, -0.2) is 52.5 Å². The number of carbonyl (C=O) groups excluding carboxylic acids is 2. The molecule has 1 N–H and O–H groups in total. The van der Waals surface area contributed by atoms with Crippen molar-refractivity contribution in [3.8, 4) is 5.75 Å². The van der Waals surface area contributed by atoms with E-state index in [1.54, 1.807) is 24.1 Å². The van der Waals surface area contributed by atoms with Crippen molar-refractivity contribution in [2.45, 2.75) is 39.3 Å². The van der Waals surface area contributed by atoms with Crippen LogP contribution < -0.4 is 10.1 Å². The highest BCUT2D eigenvalue weighted by atomic mass is 16.5. The number of aromatic nitrogens is 1. The van der Waals surface area contributed by atoms with Gasteiger partial charge < -0.3 is 24.4 Å². The van der Waals surface area contributed by atoms with E-state index in [0.717, 1.165) is 18.5 Å². The van der Waals surface area contributed by atoms with E-state index in [1.807, 2.05) is 60.8 Å². The molecular formula is C23H32N4O3. The van der Waals surface area contributed by atoms with Crippen LogP contribution in [0.4, 0.5) is 10.5 Å². The number of aryl methyl sites for hydroxylation is 1. The maximum atomic E-state index is 13.2. The molecule has 0 atom stereocenters. The van der Waals surface area contributed by atoms with E-state index in [9.17, 15) is 9.59 Å². The molecule has 1 heterocycles. The molecule has 7 heteroatoms. The van der Waals surface area contributed by atoms with Crippen molar-refractivity contribution in [3.05, 3.63) is 48.3 Å². The number of urea groups is 1. The van der Waals surface area contributed by atoms with E-state index in [-0.39, 0.29) is 30.4 Å². The van der Waals surface area contributed by atoms with Crippen LogP contribution in [0.1, 0.15) is 32.4 Å². The minimum atomic E-state index is -0.295. The van der Waals surface area contributed by atoms with Crippen molar-refractivity contribution in [1.29, 1.82) is 0 Å². The molecule has 1 aliphatic rings. The Labute approximate surface area is 178 Å². The smallest absolute Gasteiger partial charge is 0.322 e. The van der Waals surface area contributed by atoms with E-state index in [0.29, 0.717) is 24.5 Å². The number of ether oxygens (including phenoxy) is 1. The largest absolute Gasteiger partial charge is 0.495 e. The van der Waals surface area contributed by atoms with Gasteiger partial charge in [0.1, 0.15) is 12.3 Å². The van der Waals surface area contributed by atoms with Crippen LogP contribution in [0.15, 0.2) is 42.6 Å². The Morgan fingerprint density at radius 2 is 1.93 bits per heavy atom. The van der Waals surface area contributed by atoms with E-state index in [1.165, 1.54) is 0 Å². The zero-order valence-electron chi connectivity index (χ0n) is 18.3. The third-order valence-electron chi connectivity index (χ3n) is 5.24. The average Bonchev–Trinajstić information content (AvgIpc) is 3.47. The highest BCUT2D eigenvalue weighted by molar-refractivity contribution is 5.93. The fraction of sp³-hybridized carbons (Fsp3) is 0.478. The molecule has 30 heavy (non-hydrogen) atoms. The minimum Gasteiger partial charge on any atom is -0.495 e. The molecule has 2 aromatic rings. The SMILES string of the molecule is COc1ccccc1NC(=O)N(CC(=O)N(Cc1cccn1C)C1CC1)CC(C)C. The molecule has 0 spiro atoms. The lowest BCUT2D eigenvalue weighted by molar-refractivity contribution is -0.133. The summed E-state index contributed by atoms with van der Waals surface area (Å²) in [6.45, 7) is 5.19. The first-order valence-corrected chi connectivity index (χ1v) is 10.5. The van der Waals surface area contributed by atoms with Crippen molar-refractivity contribution < 1.29 is 14.3 Å². The number of nitrogens with one attached hydrogen (secondary N) is 1. The predicted octanol–water partition coefficient (Wildman–Crippen LogP) is 3.71. The molecule has 162 valence electrons. The van der Waals surface area contributed by atoms with Crippen molar-refractivity contribution in [1.82, 2.24) is 14.4 Å². The molecule has 7 nitrogen and oxygen atoms in total. The van der Waals surface area contributed by atoms with Crippen LogP contribution >= 0.6 is 0 Å². The van der Waals surface area contributed by atoms with Gasteiger partial charge in [0.2, 0.25) is 5.91 Å². The lowest BCUT2D eigenvalue weighted by Gasteiger charge is -2.29. The van der Waals surface area contributed by atoms with E-state index in [4.69, 9.17) is 4.74 Å². The molecule has 1 aromatic heterocycles. The van der Waals surface area contributed by atoms with Gasteiger partial charge in [-0.25, -0.2) is 4.79 Å². The summed E-state index contributed by atoms with van der Waals surface area (Å²) in [7, 11) is 3.55. The summed E-state index contributed by atoms with van der Waals surface area (Å²) < 4.78 is 7.36. The van der Waals surface area contributed by atoms with Crippen LogP contribution in [-0.2, 0) is 18.4 Å². The topological polar surface area (TPSA) is 66.8 Å². The Kier molecular flexibility index (Phi) is 7.03. The predicted molar refractivity (Wildman–Crippen MR) is 117 cm³/mol. The summed E-state index contributed by atoms with van der Waals surface area (Å²) in [5, 5.41) is 2.90. The zero-order chi connectivity index (χ0) is 21.7. The van der Waals surface area contributed by atoms with Gasteiger partial charge in [-0.1, -0.05) is 26.0 Å². The van der Waals surface area contributed by atoms with Crippen molar-refractivity contribution in [2.24, 2.45) is 13.0 Å². The van der Waals surface area contributed by atoms with Crippen molar-refractivity contribution in [2.75, 3.05) is 25.5 Å². The number of methoxy groups -OCH3 is 1. The molecule has 0 radical (unpaired) electrons. The second kappa shape index (κ2) is 9.69. The first kappa shape index (κ1) is 21.7. The normalized spacial score (nSPS) is 13.2. The van der Waals surface area contributed by atoms with Crippen LogP contribution in [0.5, 0.6) is 5.75 Å². The zero-order valence-corrected chi connectivity index (χ0v) is 18.3. The Morgan fingerprint density at radius 3 is 2.53 bits per heavy atom. The summed E-state index contributed by atoms with van der Waals surface area (Å²) in [6, 6.07) is 11.3. The van der Waals surface area contributed by atoms with Gasteiger partial charge in [0.15, 0.2) is 0 Å². The second-order valence-electron chi connectivity index (χ2n) is 8.27. The summed E-state index contributed by atoms with van der Waals surface area (Å²) >= 11 is 0. The highest BCUT2D eigenvalue weighted by Crippen LogP contribution is 2.29. The number of hydrogen-bond donors (Lipinski definition) is 1.